The van der Waals surface area contributed by atoms with Gasteiger partial charge in [-0.05, 0) is 103 Å². The maximum Gasteiger partial charge on any atom is 0.197 e. The van der Waals surface area contributed by atoms with Crippen molar-refractivity contribution in [3.05, 3.63) is 86.2 Å². The quantitative estimate of drug-likeness (QED) is 0.189. The molecule has 5 aromatic rings. The lowest BCUT2D eigenvalue weighted by Gasteiger charge is -2.59. The van der Waals surface area contributed by atoms with Gasteiger partial charge in [0.25, 0.3) is 0 Å². The number of para-hydroxylation sites is 3. The SMILES string of the molecule is CCCC1CC2CC3CC(C)C(C2C3)C12c1cccc3c(=O)c4cccc5c(=O)c6cccc2c6n(c13)c45. The first-order chi connectivity index (χ1) is 18.6. The van der Waals surface area contributed by atoms with E-state index >= 15 is 0 Å². The van der Waals surface area contributed by atoms with E-state index in [2.05, 4.69) is 42.5 Å². The van der Waals surface area contributed by atoms with Crippen molar-refractivity contribution in [1.82, 2.24) is 4.40 Å². The van der Waals surface area contributed by atoms with Crippen molar-refractivity contribution in [3.63, 3.8) is 0 Å². The Hall–Kier alpha value is -3.20. The summed E-state index contributed by atoms with van der Waals surface area (Å²) in [6, 6.07) is 18.8. The Morgan fingerprint density at radius 2 is 1.34 bits per heavy atom. The molecule has 38 heavy (non-hydrogen) atoms. The topological polar surface area (TPSA) is 38.5 Å². The lowest BCUT2D eigenvalue weighted by molar-refractivity contribution is -0.00348. The molecule has 1 spiro atoms. The summed E-state index contributed by atoms with van der Waals surface area (Å²) in [6.07, 6.45) is 7.70. The molecule has 3 fully saturated rings. The second-order valence-electron chi connectivity index (χ2n) is 13.2. The molecule has 0 radical (unpaired) electrons. The number of hydrogen-bond donors (Lipinski definition) is 0. The summed E-state index contributed by atoms with van der Waals surface area (Å²) in [5.74, 6) is 4.12. The highest BCUT2D eigenvalue weighted by Crippen LogP contribution is 2.68. The summed E-state index contributed by atoms with van der Waals surface area (Å²) in [6.45, 7) is 4.85. The zero-order chi connectivity index (χ0) is 25.5. The number of hydrogen-bond acceptors (Lipinski definition) is 2. The molecule has 0 saturated heterocycles. The van der Waals surface area contributed by atoms with Gasteiger partial charge >= 0.3 is 0 Å². The lowest BCUT2D eigenvalue weighted by atomic mass is 9.44. The predicted molar refractivity (Wildman–Crippen MR) is 154 cm³/mol. The van der Waals surface area contributed by atoms with Crippen LogP contribution in [0.4, 0.5) is 0 Å². The molecule has 4 aliphatic rings. The van der Waals surface area contributed by atoms with Crippen LogP contribution < -0.4 is 10.9 Å². The van der Waals surface area contributed by atoms with E-state index in [4.69, 9.17) is 0 Å². The Balaban J connectivity index is 1.57. The molecule has 6 unspecified atom stereocenters. The number of nitrogens with zero attached hydrogens (tertiary/aromatic N) is 1. The van der Waals surface area contributed by atoms with Crippen LogP contribution in [-0.2, 0) is 5.41 Å². The van der Waals surface area contributed by atoms with Crippen LogP contribution in [0.5, 0.6) is 0 Å². The summed E-state index contributed by atoms with van der Waals surface area (Å²) in [7, 11) is 0. The van der Waals surface area contributed by atoms with Gasteiger partial charge in [0.1, 0.15) is 0 Å². The molecule has 2 aromatic heterocycles. The lowest BCUT2D eigenvalue weighted by Crippen LogP contribution is -2.55. The summed E-state index contributed by atoms with van der Waals surface area (Å²) in [5.41, 5.74) is 5.68. The average Bonchev–Trinajstić information content (AvgIpc) is 3.28. The first-order valence-corrected chi connectivity index (χ1v) is 14.8. The minimum Gasteiger partial charge on any atom is -0.307 e. The largest absolute Gasteiger partial charge is 0.307 e. The number of fused-ring (bicyclic) bond motifs is 4. The Morgan fingerprint density at radius 3 is 1.95 bits per heavy atom. The van der Waals surface area contributed by atoms with Crippen LogP contribution in [0.25, 0.3) is 38.1 Å². The number of pyridine rings is 2. The van der Waals surface area contributed by atoms with E-state index in [1.54, 1.807) is 0 Å². The summed E-state index contributed by atoms with van der Waals surface area (Å²) >= 11 is 0. The van der Waals surface area contributed by atoms with Crippen molar-refractivity contribution < 1.29 is 0 Å². The van der Waals surface area contributed by atoms with Crippen LogP contribution in [0.1, 0.15) is 63.5 Å². The van der Waals surface area contributed by atoms with Gasteiger partial charge in [0.05, 0.1) is 16.6 Å². The van der Waals surface area contributed by atoms with Crippen LogP contribution >= 0.6 is 0 Å². The minimum atomic E-state index is -0.163. The van der Waals surface area contributed by atoms with Crippen molar-refractivity contribution in [3.8, 4) is 0 Å². The Bertz CT molecular complexity index is 1840. The van der Waals surface area contributed by atoms with E-state index in [0.717, 1.165) is 51.5 Å². The number of aromatic nitrogens is 1. The normalized spacial score (nSPS) is 30.6. The molecule has 190 valence electrons. The van der Waals surface area contributed by atoms with Crippen LogP contribution in [0.3, 0.4) is 0 Å². The van der Waals surface area contributed by atoms with Gasteiger partial charge in [-0.3, -0.25) is 9.59 Å². The fraction of sp³-hybridized carbons (Fsp3) is 0.429. The van der Waals surface area contributed by atoms with Gasteiger partial charge in [-0.1, -0.05) is 50.6 Å². The van der Waals surface area contributed by atoms with E-state index in [9.17, 15) is 9.59 Å². The maximum atomic E-state index is 14.1. The van der Waals surface area contributed by atoms with Gasteiger partial charge in [0, 0.05) is 27.0 Å². The number of benzene rings is 3. The third kappa shape index (κ3) is 2.24. The highest BCUT2D eigenvalue weighted by atomic mass is 16.1. The molecule has 6 atom stereocenters. The fourth-order valence-corrected chi connectivity index (χ4v) is 10.9. The van der Waals surface area contributed by atoms with E-state index in [-0.39, 0.29) is 16.3 Å². The van der Waals surface area contributed by atoms with Gasteiger partial charge in [0.2, 0.25) is 0 Å². The van der Waals surface area contributed by atoms with Crippen molar-refractivity contribution in [2.24, 2.45) is 35.5 Å². The molecular formula is C35H33NO2. The molecule has 3 nitrogen and oxygen atoms in total. The molecule has 1 aliphatic heterocycles. The average molecular weight is 500 g/mol. The van der Waals surface area contributed by atoms with Crippen LogP contribution in [-0.4, -0.2) is 4.40 Å². The molecule has 3 saturated carbocycles. The van der Waals surface area contributed by atoms with Crippen LogP contribution in [0.2, 0.25) is 0 Å². The second-order valence-corrected chi connectivity index (χ2v) is 13.2. The Morgan fingerprint density at radius 1 is 0.763 bits per heavy atom. The summed E-state index contributed by atoms with van der Waals surface area (Å²) < 4.78 is 2.34. The van der Waals surface area contributed by atoms with Gasteiger partial charge in [-0.15, -0.1) is 0 Å². The summed E-state index contributed by atoms with van der Waals surface area (Å²) in [5, 5.41) is 2.95. The van der Waals surface area contributed by atoms with E-state index < -0.39 is 0 Å². The molecule has 2 bridgehead atoms. The molecule has 3 heteroatoms. The first kappa shape index (κ1) is 21.7. The van der Waals surface area contributed by atoms with Crippen LogP contribution in [0, 0.1) is 35.5 Å². The van der Waals surface area contributed by atoms with Crippen LogP contribution in [0.15, 0.2) is 64.2 Å². The third-order valence-electron chi connectivity index (χ3n) is 11.7. The van der Waals surface area contributed by atoms with Crippen molar-refractivity contribution in [2.45, 2.75) is 57.8 Å². The Kier molecular flexibility index (Phi) is 4.03. The standard InChI is InChI=1S/C35H33NO2/c1-3-7-21-17-20-15-19-14-18(2)29(26(20)16-19)35(21)27-12-5-10-24-31(27)36-30-22(33(24)37)8-4-9-23(30)34(38)25-11-6-13-28(35)32(25)36/h4-6,8-13,18-21,26,29H,3,7,14-17H2,1-2H3. The van der Waals surface area contributed by atoms with Crippen molar-refractivity contribution in [1.29, 1.82) is 0 Å². The zero-order valence-electron chi connectivity index (χ0n) is 22.2. The smallest absolute Gasteiger partial charge is 0.197 e. The van der Waals surface area contributed by atoms with Crippen molar-refractivity contribution >= 4 is 38.1 Å². The molecule has 0 N–H and O–H groups in total. The molecule has 3 aliphatic carbocycles. The van der Waals surface area contributed by atoms with E-state index in [1.807, 2.05) is 30.3 Å². The first-order valence-electron chi connectivity index (χ1n) is 14.8. The second kappa shape index (κ2) is 7.05. The zero-order valence-corrected chi connectivity index (χ0v) is 22.2. The van der Waals surface area contributed by atoms with E-state index in [1.165, 1.54) is 43.2 Å². The van der Waals surface area contributed by atoms with Crippen molar-refractivity contribution in [2.75, 3.05) is 0 Å². The monoisotopic (exact) mass is 499 g/mol. The molecule has 3 aromatic carbocycles. The predicted octanol–water partition coefficient (Wildman–Crippen LogP) is 7.28. The molecule has 9 rings (SSSR count). The minimum absolute atomic E-state index is 0.0686. The van der Waals surface area contributed by atoms with E-state index in [0.29, 0.717) is 28.5 Å². The van der Waals surface area contributed by atoms with Gasteiger partial charge in [-0.25, -0.2) is 0 Å². The number of rotatable bonds is 2. The van der Waals surface area contributed by atoms with Gasteiger partial charge < -0.3 is 4.40 Å². The van der Waals surface area contributed by atoms with Gasteiger partial charge in [0.15, 0.2) is 10.9 Å². The molecule has 0 amide bonds. The Labute approximate surface area is 221 Å². The maximum absolute atomic E-state index is 14.1. The fourth-order valence-electron chi connectivity index (χ4n) is 10.9. The third-order valence-corrected chi connectivity index (χ3v) is 11.7. The highest BCUT2D eigenvalue weighted by molar-refractivity contribution is 6.10. The van der Waals surface area contributed by atoms with Gasteiger partial charge in [-0.2, -0.15) is 0 Å². The highest BCUT2D eigenvalue weighted by Gasteiger charge is 2.63. The molecule has 3 heterocycles. The molecular weight excluding hydrogens is 466 g/mol. The summed E-state index contributed by atoms with van der Waals surface area (Å²) in [4.78, 5) is 28.2.